The number of nitrogens with zero attached hydrogens (tertiary/aromatic N) is 2. The fourth-order valence-corrected chi connectivity index (χ4v) is 3.62. The van der Waals surface area contributed by atoms with Crippen molar-refractivity contribution in [3.63, 3.8) is 0 Å². The van der Waals surface area contributed by atoms with Gasteiger partial charge >= 0.3 is 5.97 Å². The lowest BCUT2D eigenvalue weighted by Gasteiger charge is -2.30. The fourth-order valence-electron chi connectivity index (χ4n) is 3.62. The summed E-state index contributed by atoms with van der Waals surface area (Å²) in [5.74, 6) is 0.694. The van der Waals surface area contributed by atoms with E-state index < -0.39 is 0 Å². The molecule has 0 spiro atoms. The minimum atomic E-state index is -0.290. The van der Waals surface area contributed by atoms with Gasteiger partial charge in [-0.1, -0.05) is 6.92 Å². The average molecular weight is 392 g/mol. The summed E-state index contributed by atoms with van der Waals surface area (Å²) >= 11 is 0. The molecular weight excluding hydrogens is 360 g/mol. The van der Waals surface area contributed by atoms with Crippen LogP contribution >= 0.6 is 0 Å². The number of carbonyl (C=O) groups is 2. The SMILES string of the molecule is CCOC(=O)CCN(C[C@@H]1CCCN1CC)C(=O)c1cc(OC)cc(OC)c1. The molecule has 1 aromatic rings. The summed E-state index contributed by atoms with van der Waals surface area (Å²) in [7, 11) is 3.11. The monoisotopic (exact) mass is 392 g/mol. The van der Waals surface area contributed by atoms with E-state index >= 15 is 0 Å². The van der Waals surface area contributed by atoms with E-state index in [4.69, 9.17) is 14.2 Å². The molecule has 0 radical (unpaired) electrons. The molecule has 1 aromatic carbocycles. The first-order valence-electron chi connectivity index (χ1n) is 9.94. The zero-order chi connectivity index (χ0) is 20.5. The highest BCUT2D eigenvalue weighted by Crippen LogP contribution is 2.25. The summed E-state index contributed by atoms with van der Waals surface area (Å²) in [4.78, 5) is 29.3. The van der Waals surface area contributed by atoms with Crippen LogP contribution in [0.15, 0.2) is 18.2 Å². The number of esters is 1. The summed E-state index contributed by atoms with van der Waals surface area (Å²) in [5, 5.41) is 0. The first-order chi connectivity index (χ1) is 13.5. The van der Waals surface area contributed by atoms with Gasteiger partial charge in [-0.25, -0.2) is 0 Å². The maximum atomic E-state index is 13.3. The molecule has 0 saturated carbocycles. The van der Waals surface area contributed by atoms with Gasteiger partial charge in [-0.15, -0.1) is 0 Å². The topological polar surface area (TPSA) is 68.3 Å². The van der Waals surface area contributed by atoms with Crippen molar-refractivity contribution in [2.75, 3.05) is 47.0 Å². The van der Waals surface area contributed by atoms with Gasteiger partial charge in [-0.2, -0.15) is 0 Å². The van der Waals surface area contributed by atoms with Crippen LogP contribution in [0, 0.1) is 0 Å². The standard InChI is InChI=1S/C21H32N2O5/c1-5-22-10-7-8-17(22)15-23(11-9-20(24)28-6-2)21(25)16-12-18(26-3)14-19(13-16)27-4/h12-14,17H,5-11,15H2,1-4H3/t17-/m0/s1. The molecule has 28 heavy (non-hydrogen) atoms. The normalized spacial score (nSPS) is 16.6. The Balaban J connectivity index is 2.21. The van der Waals surface area contributed by atoms with Crippen molar-refractivity contribution in [2.24, 2.45) is 0 Å². The van der Waals surface area contributed by atoms with Gasteiger partial charge in [-0.05, 0) is 45.0 Å². The second-order valence-electron chi connectivity index (χ2n) is 6.83. The van der Waals surface area contributed by atoms with Crippen LogP contribution < -0.4 is 9.47 Å². The van der Waals surface area contributed by atoms with Crippen molar-refractivity contribution < 1.29 is 23.8 Å². The third-order valence-corrected chi connectivity index (χ3v) is 5.11. The molecule has 2 rings (SSSR count). The number of hydrogen-bond donors (Lipinski definition) is 0. The van der Waals surface area contributed by atoms with Crippen LogP contribution in [0.3, 0.4) is 0 Å². The molecule has 1 fully saturated rings. The van der Waals surface area contributed by atoms with Gasteiger partial charge < -0.3 is 19.1 Å². The Morgan fingerprint density at radius 3 is 2.39 bits per heavy atom. The molecule has 1 atom stereocenters. The zero-order valence-electron chi connectivity index (χ0n) is 17.4. The molecule has 0 aromatic heterocycles. The van der Waals surface area contributed by atoms with Crippen LogP contribution in [0.5, 0.6) is 11.5 Å². The Morgan fingerprint density at radius 1 is 1.14 bits per heavy atom. The van der Waals surface area contributed by atoms with Gasteiger partial charge in [0.05, 0.1) is 27.2 Å². The van der Waals surface area contributed by atoms with Crippen LogP contribution in [0.1, 0.15) is 43.5 Å². The van der Waals surface area contributed by atoms with Gasteiger partial charge in [0.25, 0.3) is 5.91 Å². The first kappa shape index (κ1) is 22.0. The summed E-state index contributed by atoms with van der Waals surface area (Å²) in [5.41, 5.74) is 0.487. The van der Waals surface area contributed by atoms with Crippen molar-refractivity contribution in [3.05, 3.63) is 23.8 Å². The first-order valence-corrected chi connectivity index (χ1v) is 9.94. The van der Waals surface area contributed by atoms with E-state index in [1.165, 1.54) is 0 Å². The number of ether oxygens (including phenoxy) is 3. The molecule has 1 saturated heterocycles. The molecular formula is C21H32N2O5. The lowest BCUT2D eigenvalue weighted by atomic mass is 10.1. The van der Waals surface area contributed by atoms with Crippen LogP contribution in [0.2, 0.25) is 0 Å². The minimum Gasteiger partial charge on any atom is -0.497 e. The predicted molar refractivity (Wildman–Crippen MR) is 107 cm³/mol. The molecule has 1 heterocycles. The van der Waals surface area contributed by atoms with E-state index in [2.05, 4.69) is 11.8 Å². The van der Waals surface area contributed by atoms with Gasteiger partial charge in [-0.3, -0.25) is 14.5 Å². The summed E-state index contributed by atoms with van der Waals surface area (Å²) in [6.45, 7) is 7.17. The van der Waals surface area contributed by atoms with Gasteiger partial charge in [0, 0.05) is 30.8 Å². The van der Waals surface area contributed by atoms with Crippen molar-refractivity contribution in [2.45, 2.75) is 39.2 Å². The summed E-state index contributed by atoms with van der Waals surface area (Å²) < 4.78 is 15.6. The smallest absolute Gasteiger partial charge is 0.307 e. The minimum absolute atomic E-state index is 0.135. The second-order valence-corrected chi connectivity index (χ2v) is 6.83. The molecule has 1 amide bonds. The lowest BCUT2D eigenvalue weighted by Crippen LogP contribution is -2.44. The van der Waals surface area contributed by atoms with E-state index in [0.29, 0.717) is 42.8 Å². The molecule has 7 nitrogen and oxygen atoms in total. The molecule has 0 N–H and O–H groups in total. The van der Waals surface area contributed by atoms with E-state index in [0.717, 1.165) is 25.9 Å². The molecule has 0 bridgehead atoms. The van der Waals surface area contributed by atoms with Crippen molar-refractivity contribution in [3.8, 4) is 11.5 Å². The zero-order valence-corrected chi connectivity index (χ0v) is 17.4. The molecule has 0 aliphatic carbocycles. The van der Waals surface area contributed by atoms with E-state index in [-0.39, 0.29) is 18.3 Å². The highest BCUT2D eigenvalue weighted by Gasteiger charge is 2.28. The lowest BCUT2D eigenvalue weighted by molar-refractivity contribution is -0.143. The van der Waals surface area contributed by atoms with Crippen LogP contribution in [0.25, 0.3) is 0 Å². The maximum absolute atomic E-state index is 13.3. The number of hydrogen-bond acceptors (Lipinski definition) is 6. The Bertz CT molecular complexity index is 642. The predicted octanol–water partition coefficient (Wildman–Crippen LogP) is 2.58. The quantitative estimate of drug-likeness (QED) is 0.570. The largest absolute Gasteiger partial charge is 0.497 e. The van der Waals surface area contributed by atoms with Crippen molar-refractivity contribution >= 4 is 11.9 Å². The summed E-state index contributed by atoms with van der Waals surface area (Å²) in [6.07, 6.45) is 2.36. The fraction of sp³-hybridized carbons (Fsp3) is 0.619. The number of rotatable bonds is 10. The van der Waals surface area contributed by atoms with Crippen LogP contribution in [0.4, 0.5) is 0 Å². The third-order valence-electron chi connectivity index (χ3n) is 5.11. The number of benzene rings is 1. The molecule has 0 unspecified atom stereocenters. The summed E-state index contributed by atoms with van der Waals surface area (Å²) in [6, 6.07) is 5.45. The van der Waals surface area contributed by atoms with Crippen LogP contribution in [-0.2, 0) is 9.53 Å². The molecule has 1 aliphatic heterocycles. The second kappa shape index (κ2) is 10.9. The molecule has 156 valence electrons. The maximum Gasteiger partial charge on any atom is 0.307 e. The number of amides is 1. The van der Waals surface area contributed by atoms with Gasteiger partial charge in [0.15, 0.2) is 0 Å². The van der Waals surface area contributed by atoms with Gasteiger partial charge in [0.2, 0.25) is 0 Å². The Hall–Kier alpha value is -2.28. The van der Waals surface area contributed by atoms with Gasteiger partial charge in [0.1, 0.15) is 11.5 Å². The average Bonchev–Trinajstić information content (AvgIpc) is 3.17. The Morgan fingerprint density at radius 2 is 1.82 bits per heavy atom. The third kappa shape index (κ3) is 5.86. The highest BCUT2D eigenvalue weighted by molar-refractivity contribution is 5.95. The van der Waals surface area contributed by atoms with Crippen LogP contribution in [-0.4, -0.2) is 74.7 Å². The number of methoxy groups -OCH3 is 2. The Kier molecular flexibility index (Phi) is 8.57. The molecule has 1 aliphatic rings. The van der Waals surface area contributed by atoms with E-state index in [9.17, 15) is 9.59 Å². The highest BCUT2D eigenvalue weighted by atomic mass is 16.5. The number of likely N-dealkylation sites (N-methyl/N-ethyl adjacent to an activating group) is 1. The van der Waals surface area contributed by atoms with E-state index in [1.807, 2.05) is 0 Å². The Labute approximate surface area is 167 Å². The molecule has 7 heteroatoms. The number of likely N-dealkylation sites (tertiary alicyclic amines) is 1. The van der Waals surface area contributed by atoms with Crippen molar-refractivity contribution in [1.82, 2.24) is 9.80 Å². The van der Waals surface area contributed by atoms with Crippen molar-refractivity contribution in [1.29, 1.82) is 0 Å². The number of carbonyl (C=O) groups excluding carboxylic acids is 2. The van der Waals surface area contributed by atoms with E-state index in [1.54, 1.807) is 44.2 Å².